The number of benzene rings is 1. The van der Waals surface area contributed by atoms with Crippen LogP contribution in [-0.4, -0.2) is 56.1 Å². The molecule has 3 atom stereocenters. The number of nitrogens with zero attached hydrogens (tertiary/aromatic N) is 2. The molecule has 7 nitrogen and oxygen atoms in total. The third kappa shape index (κ3) is 4.03. The first-order valence-electron chi connectivity index (χ1n) is 9.54. The molecule has 0 spiro atoms. The first-order chi connectivity index (χ1) is 12.9. The number of anilines is 1. The summed E-state index contributed by atoms with van der Waals surface area (Å²) in [6.45, 7) is 3.05. The Hall–Kier alpha value is -2.28. The highest BCUT2D eigenvalue weighted by Crippen LogP contribution is 2.33. The average Bonchev–Trinajstić information content (AvgIpc) is 3.08. The molecule has 27 heavy (non-hydrogen) atoms. The van der Waals surface area contributed by atoms with Crippen LogP contribution in [0.1, 0.15) is 32.6 Å². The van der Waals surface area contributed by atoms with Gasteiger partial charge in [-0.15, -0.1) is 0 Å². The van der Waals surface area contributed by atoms with Gasteiger partial charge in [0.25, 0.3) is 0 Å². The Bertz CT molecular complexity index is 684. The molecule has 3 unspecified atom stereocenters. The summed E-state index contributed by atoms with van der Waals surface area (Å²) in [5.41, 5.74) is 6.79. The maximum atomic E-state index is 13.1. The molecule has 2 aliphatic rings. The summed E-state index contributed by atoms with van der Waals surface area (Å²) >= 11 is 0. The van der Waals surface area contributed by atoms with Crippen molar-refractivity contribution in [3.8, 4) is 11.5 Å². The van der Waals surface area contributed by atoms with Gasteiger partial charge in [0, 0.05) is 49.8 Å². The second-order valence-electron chi connectivity index (χ2n) is 7.43. The van der Waals surface area contributed by atoms with Crippen LogP contribution >= 0.6 is 0 Å². The number of hydrogen-bond donors (Lipinski definition) is 1. The summed E-state index contributed by atoms with van der Waals surface area (Å²) in [6.07, 6.45) is 3.24. The minimum atomic E-state index is -0.339. The van der Waals surface area contributed by atoms with Crippen LogP contribution in [0.2, 0.25) is 0 Å². The molecule has 1 aromatic carbocycles. The van der Waals surface area contributed by atoms with Crippen LogP contribution in [0.3, 0.4) is 0 Å². The van der Waals surface area contributed by atoms with Crippen molar-refractivity contribution in [1.82, 2.24) is 4.90 Å². The van der Waals surface area contributed by atoms with Crippen LogP contribution in [-0.2, 0) is 9.59 Å². The molecule has 3 rings (SSSR count). The van der Waals surface area contributed by atoms with E-state index in [1.807, 2.05) is 11.8 Å². The van der Waals surface area contributed by atoms with Gasteiger partial charge in [-0.25, -0.2) is 0 Å². The van der Waals surface area contributed by atoms with Crippen molar-refractivity contribution in [2.24, 2.45) is 11.7 Å². The van der Waals surface area contributed by atoms with Crippen LogP contribution in [0.25, 0.3) is 0 Å². The van der Waals surface area contributed by atoms with Gasteiger partial charge in [-0.2, -0.15) is 0 Å². The number of ether oxygens (including phenoxy) is 2. The molecule has 2 fully saturated rings. The second kappa shape index (κ2) is 8.17. The Morgan fingerprint density at radius 1 is 1.19 bits per heavy atom. The largest absolute Gasteiger partial charge is 0.497 e. The maximum absolute atomic E-state index is 13.1. The van der Waals surface area contributed by atoms with Crippen molar-refractivity contribution in [2.75, 3.05) is 32.2 Å². The molecule has 2 heterocycles. The van der Waals surface area contributed by atoms with E-state index in [-0.39, 0.29) is 36.2 Å². The minimum absolute atomic E-state index is 0.0442. The molecule has 1 aromatic rings. The average molecular weight is 375 g/mol. The molecule has 148 valence electrons. The zero-order chi connectivity index (χ0) is 19.6. The molecular weight excluding hydrogens is 346 g/mol. The molecular formula is C20H29N3O4. The van der Waals surface area contributed by atoms with Gasteiger partial charge < -0.3 is 25.0 Å². The number of nitrogens with two attached hydrogens (primary N) is 1. The molecule has 0 bridgehead atoms. The maximum Gasteiger partial charge on any atom is 0.228 e. The van der Waals surface area contributed by atoms with E-state index in [2.05, 4.69) is 0 Å². The van der Waals surface area contributed by atoms with Crippen molar-refractivity contribution < 1.29 is 19.1 Å². The Kier molecular flexibility index (Phi) is 5.89. The number of amides is 2. The molecule has 0 aliphatic carbocycles. The third-order valence-electron chi connectivity index (χ3n) is 5.56. The third-order valence-corrected chi connectivity index (χ3v) is 5.56. The van der Waals surface area contributed by atoms with Crippen LogP contribution in [0.15, 0.2) is 18.2 Å². The normalized spacial score (nSPS) is 24.1. The molecule has 0 saturated carbocycles. The zero-order valence-corrected chi connectivity index (χ0v) is 16.3. The van der Waals surface area contributed by atoms with Crippen LogP contribution in [0, 0.1) is 5.92 Å². The highest BCUT2D eigenvalue weighted by atomic mass is 16.5. The molecule has 0 radical (unpaired) electrons. The van der Waals surface area contributed by atoms with Crippen molar-refractivity contribution in [2.45, 2.75) is 44.7 Å². The quantitative estimate of drug-likeness (QED) is 0.848. The van der Waals surface area contributed by atoms with Crippen molar-refractivity contribution in [3.05, 3.63) is 18.2 Å². The number of methoxy groups -OCH3 is 2. The van der Waals surface area contributed by atoms with Crippen molar-refractivity contribution >= 4 is 17.5 Å². The first-order valence-corrected chi connectivity index (χ1v) is 9.54. The van der Waals surface area contributed by atoms with Gasteiger partial charge in [-0.05, 0) is 26.2 Å². The first kappa shape index (κ1) is 19.5. The van der Waals surface area contributed by atoms with E-state index in [1.165, 1.54) is 0 Å². The van der Waals surface area contributed by atoms with E-state index in [1.54, 1.807) is 37.3 Å². The summed E-state index contributed by atoms with van der Waals surface area (Å²) in [6, 6.07) is 5.34. The lowest BCUT2D eigenvalue weighted by molar-refractivity contribution is -0.139. The molecule has 2 saturated heterocycles. The predicted octanol–water partition coefficient (Wildman–Crippen LogP) is 1.78. The Labute approximate surface area is 160 Å². The number of piperidine rings is 1. The van der Waals surface area contributed by atoms with Gasteiger partial charge in [0.1, 0.15) is 11.5 Å². The molecule has 0 aromatic heterocycles. The topological polar surface area (TPSA) is 85.1 Å². The minimum Gasteiger partial charge on any atom is -0.497 e. The number of likely N-dealkylation sites (tertiary alicyclic amines) is 1. The number of rotatable bonds is 5. The van der Waals surface area contributed by atoms with Crippen LogP contribution < -0.4 is 20.1 Å². The highest BCUT2D eigenvalue weighted by Gasteiger charge is 2.40. The molecule has 2 N–H and O–H groups in total. The summed E-state index contributed by atoms with van der Waals surface area (Å²) < 4.78 is 10.6. The fourth-order valence-corrected chi connectivity index (χ4v) is 4.08. The van der Waals surface area contributed by atoms with E-state index in [0.717, 1.165) is 25.8 Å². The van der Waals surface area contributed by atoms with Gasteiger partial charge in [-0.1, -0.05) is 0 Å². The summed E-state index contributed by atoms with van der Waals surface area (Å²) in [5, 5.41) is 0. The smallest absolute Gasteiger partial charge is 0.228 e. The van der Waals surface area contributed by atoms with Gasteiger partial charge in [0.05, 0.1) is 25.8 Å². The lowest BCUT2D eigenvalue weighted by atomic mass is 9.94. The monoisotopic (exact) mass is 375 g/mol. The number of carbonyl (C=O) groups excluding carboxylic acids is 2. The molecule has 2 aliphatic heterocycles. The van der Waals surface area contributed by atoms with Crippen molar-refractivity contribution in [1.29, 1.82) is 0 Å². The lowest BCUT2D eigenvalue weighted by Crippen LogP contribution is -2.53. The van der Waals surface area contributed by atoms with Crippen molar-refractivity contribution in [3.63, 3.8) is 0 Å². The fourth-order valence-electron chi connectivity index (χ4n) is 4.08. The van der Waals surface area contributed by atoms with Gasteiger partial charge in [0.15, 0.2) is 0 Å². The van der Waals surface area contributed by atoms with E-state index in [0.29, 0.717) is 23.7 Å². The molecule has 2 amide bonds. The predicted molar refractivity (Wildman–Crippen MR) is 103 cm³/mol. The number of carbonyl (C=O) groups is 2. The second-order valence-corrected chi connectivity index (χ2v) is 7.43. The Balaban J connectivity index is 1.78. The SMILES string of the molecule is COc1cc(OC)cc(N2CC(C(=O)N3CCCCC3C(C)N)CC2=O)c1. The van der Waals surface area contributed by atoms with Gasteiger partial charge in [-0.3, -0.25) is 9.59 Å². The van der Waals surface area contributed by atoms with E-state index in [4.69, 9.17) is 15.2 Å². The summed E-state index contributed by atoms with van der Waals surface area (Å²) in [5.74, 6) is 0.870. The van der Waals surface area contributed by atoms with Crippen LogP contribution in [0.5, 0.6) is 11.5 Å². The highest BCUT2D eigenvalue weighted by molar-refractivity contribution is 6.00. The Morgan fingerprint density at radius 2 is 1.85 bits per heavy atom. The molecule has 7 heteroatoms. The number of hydrogen-bond acceptors (Lipinski definition) is 5. The lowest BCUT2D eigenvalue weighted by Gasteiger charge is -2.39. The van der Waals surface area contributed by atoms with Crippen LogP contribution in [0.4, 0.5) is 5.69 Å². The van der Waals surface area contributed by atoms with Gasteiger partial charge in [0.2, 0.25) is 11.8 Å². The Morgan fingerprint density at radius 3 is 2.44 bits per heavy atom. The fraction of sp³-hybridized carbons (Fsp3) is 0.600. The van der Waals surface area contributed by atoms with E-state index < -0.39 is 0 Å². The van der Waals surface area contributed by atoms with E-state index in [9.17, 15) is 9.59 Å². The standard InChI is InChI=1S/C20H29N3O4/c1-13(21)18-6-4-5-7-22(18)20(25)14-8-19(24)23(12-14)15-9-16(26-2)11-17(10-15)27-3/h9-11,13-14,18H,4-8,12,21H2,1-3H3. The summed E-state index contributed by atoms with van der Waals surface area (Å²) in [4.78, 5) is 29.3. The zero-order valence-electron chi connectivity index (χ0n) is 16.3. The summed E-state index contributed by atoms with van der Waals surface area (Å²) in [7, 11) is 3.14. The van der Waals surface area contributed by atoms with E-state index >= 15 is 0 Å². The van der Waals surface area contributed by atoms with Gasteiger partial charge >= 0.3 is 0 Å².